The summed E-state index contributed by atoms with van der Waals surface area (Å²) < 4.78 is 0. The van der Waals surface area contributed by atoms with Gasteiger partial charge in [-0.2, -0.15) is 0 Å². The number of rotatable bonds is 7. The molecule has 0 aliphatic rings. The van der Waals surface area contributed by atoms with Crippen molar-refractivity contribution in [3.63, 3.8) is 0 Å². The van der Waals surface area contributed by atoms with Crippen LogP contribution >= 0.6 is 23.2 Å². The van der Waals surface area contributed by atoms with Crippen LogP contribution in [0.25, 0.3) is 0 Å². The molecule has 1 rings (SSSR count). The van der Waals surface area contributed by atoms with Crippen LogP contribution in [0, 0.1) is 0 Å². The van der Waals surface area contributed by atoms with E-state index in [4.69, 9.17) is 23.2 Å². The fraction of sp³-hybridized carbons (Fsp3) is 0.571. The highest BCUT2D eigenvalue weighted by Gasteiger charge is 2.05. The molecule has 0 amide bonds. The average Bonchev–Trinajstić information content (AvgIpc) is 2.28. The lowest BCUT2D eigenvalue weighted by Crippen LogP contribution is -2.15. The zero-order valence-electron chi connectivity index (χ0n) is 10.6. The van der Waals surface area contributed by atoms with Crippen LogP contribution in [0.15, 0.2) is 18.2 Å². The monoisotopic (exact) mass is 273 g/mol. The average molecular weight is 274 g/mol. The summed E-state index contributed by atoms with van der Waals surface area (Å²) in [6, 6.07) is 6.02. The molecule has 0 aliphatic carbocycles. The Kier molecular flexibility index (Phi) is 6.76. The third kappa shape index (κ3) is 5.65. The van der Waals surface area contributed by atoms with Gasteiger partial charge in [0.1, 0.15) is 0 Å². The molecule has 0 aromatic heterocycles. The standard InChI is InChI=1S/C14H21Cl2N/c1-3-4-5-6-7-11(2)17-14-9-8-12(15)10-13(14)16/h8-11,17H,3-7H2,1-2H3. The molecule has 0 aliphatic heterocycles. The molecular weight excluding hydrogens is 253 g/mol. The summed E-state index contributed by atoms with van der Waals surface area (Å²) in [7, 11) is 0. The number of benzene rings is 1. The van der Waals surface area contributed by atoms with Crippen LogP contribution in [0.2, 0.25) is 10.0 Å². The summed E-state index contributed by atoms with van der Waals surface area (Å²) in [4.78, 5) is 0. The van der Waals surface area contributed by atoms with Gasteiger partial charge in [-0.15, -0.1) is 0 Å². The van der Waals surface area contributed by atoms with E-state index in [0.29, 0.717) is 16.1 Å². The Labute approximate surface area is 115 Å². The minimum Gasteiger partial charge on any atom is -0.381 e. The highest BCUT2D eigenvalue weighted by atomic mass is 35.5. The summed E-state index contributed by atoms with van der Waals surface area (Å²) in [6.45, 7) is 4.42. The molecule has 1 N–H and O–H groups in total. The number of halogens is 2. The van der Waals surface area contributed by atoms with Gasteiger partial charge in [0.05, 0.1) is 10.7 Å². The topological polar surface area (TPSA) is 12.0 Å². The van der Waals surface area contributed by atoms with E-state index >= 15 is 0 Å². The minimum absolute atomic E-state index is 0.450. The predicted octanol–water partition coefficient (Wildman–Crippen LogP) is 5.76. The number of nitrogens with one attached hydrogen (secondary N) is 1. The van der Waals surface area contributed by atoms with Gasteiger partial charge in [0, 0.05) is 11.1 Å². The molecule has 1 aromatic rings. The number of hydrogen-bond acceptors (Lipinski definition) is 1. The molecule has 0 saturated carbocycles. The third-order valence-corrected chi connectivity index (χ3v) is 3.37. The normalized spacial score (nSPS) is 12.5. The van der Waals surface area contributed by atoms with Crippen molar-refractivity contribution in [2.24, 2.45) is 0 Å². The Bertz CT molecular complexity index is 339. The lowest BCUT2D eigenvalue weighted by atomic mass is 10.1. The Morgan fingerprint density at radius 2 is 1.94 bits per heavy atom. The van der Waals surface area contributed by atoms with Crippen LogP contribution in [-0.2, 0) is 0 Å². The predicted molar refractivity (Wildman–Crippen MR) is 78.3 cm³/mol. The van der Waals surface area contributed by atoms with Crippen LogP contribution in [0.1, 0.15) is 46.0 Å². The van der Waals surface area contributed by atoms with Gasteiger partial charge < -0.3 is 5.32 Å². The van der Waals surface area contributed by atoms with E-state index in [2.05, 4.69) is 19.2 Å². The molecule has 0 heterocycles. The van der Waals surface area contributed by atoms with Gasteiger partial charge in [-0.25, -0.2) is 0 Å². The molecule has 1 nitrogen and oxygen atoms in total. The Balaban J connectivity index is 2.37. The van der Waals surface area contributed by atoms with Gasteiger partial charge in [-0.3, -0.25) is 0 Å². The smallest absolute Gasteiger partial charge is 0.0652 e. The SMILES string of the molecule is CCCCCCC(C)Nc1ccc(Cl)cc1Cl. The van der Waals surface area contributed by atoms with E-state index in [1.807, 2.05) is 12.1 Å². The van der Waals surface area contributed by atoms with Crippen LogP contribution in [0.4, 0.5) is 5.69 Å². The quantitative estimate of drug-likeness (QED) is 0.623. The first-order chi connectivity index (χ1) is 8.13. The number of anilines is 1. The van der Waals surface area contributed by atoms with Crippen molar-refractivity contribution < 1.29 is 0 Å². The molecule has 0 fully saturated rings. The van der Waals surface area contributed by atoms with Crippen molar-refractivity contribution >= 4 is 28.9 Å². The van der Waals surface area contributed by atoms with E-state index in [0.717, 1.165) is 5.69 Å². The summed E-state index contributed by atoms with van der Waals surface area (Å²) in [5.41, 5.74) is 0.971. The van der Waals surface area contributed by atoms with E-state index in [1.54, 1.807) is 6.07 Å². The molecule has 0 bridgehead atoms. The van der Waals surface area contributed by atoms with Crippen molar-refractivity contribution in [3.8, 4) is 0 Å². The lowest BCUT2D eigenvalue weighted by molar-refractivity contribution is 0.594. The number of hydrogen-bond donors (Lipinski definition) is 1. The second kappa shape index (κ2) is 7.84. The highest BCUT2D eigenvalue weighted by molar-refractivity contribution is 6.36. The van der Waals surface area contributed by atoms with Gasteiger partial charge in [-0.1, -0.05) is 55.8 Å². The first-order valence-corrected chi connectivity index (χ1v) is 7.10. The molecule has 1 aromatic carbocycles. The van der Waals surface area contributed by atoms with Crippen molar-refractivity contribution in [1.82, 2.24) is 0 Å². The summed E-state index contributed by atoms with van der Waals surface area (Å²) in [6.07, 6.45) is 6.38. The highest BCUT2D eigenvalue weighted by Crippen LogP contribution is 2.26. The molecule has 96 valence electrons. The molecule has 1 unspecified atom stereocenters. The van der Waals surface area contributed by atoms with Gasteiger partial charge in [0.15, 0.2) is 0 Å². The molecule has 0 saturated heterocycles. The Morgan fingerprint density at radius 1 is 1.18 bits per heavy atom. The molecule has 1 atom stereocenters. The maximum atomic E-state index is 6.11. The van der Waals surface area contributed by atoms with Crippen LogP contribution < -0.4 is 5.32 Å². The molecular formula is C14H21Cl2N. The molecule has 3 heteroatoms. The second-order valence-electron chi connectivity index (χ2n) is 4.52. The maximum Gasteiger partial charge on any atom is 0.0652 e. The molecule has 17 heavy (non-hydrogen) atoms. The molecule has 0 spiro atoms. The zero-order chi connectivity index (χ0) is 12.7. The zero-order valence-corrected chi connectivity index (χ0v) is 12.1. The van der Waals surface area contributed by atoms with Crippen LogP contribution in [0.5, 0.6) is 0 Å². The van der Waals surface area contributed by atoms with Gasteiger partial charge in [0.2, 0.25) is 0 Å². The van der Waals surface area contributed by atoms with Crippen molar-refractivity contribution in [1.29, 1.82) is 0 Å². The van der Waals surface area contributed by atoms with Gasteiger partial charge in [0.25, 0.3) is 0 Å². The first-order valence-electron chi connectivity index (χ1n) is 6.35. The Hall–Kier alpha value is -0.400. The largest absolute Gasteiger partial charge is 0.381 e. The van der Waals surface area contributed by atoms with E-state index < -0.39 is 0 Å². The molecule has 0 radical (unpaired) electrons. The first kappa shape index (κ1) is 14.7. The van der Waals surface area contributed by atoms with Crippen molar-refractivity contribution in [2.75, 3.05) is 5.32 Å². The minimum atomic E-state index is 0.450. The summed E-state index contributed by atoms with van der Waals surface area (Å²) >= 11 is 12.0. The summed E-state index contributed by atoms with van der Waals surface area (Å²) in [5.74, 6) is 0. The second-order valence-corrected chi connectivity index (χ2v) is 5.36. The van der Waals surface area contributed by atoms with Gasteiger partial charge >= 0.3 is 0 Å². The summed E-state index contributed by atoms with van der Waals surface area (Å²) in [5, 5.41) is 4.79. The van der Waals surface area contributed by atoms with Gasteiger partial charge in [-0.05, 0) is 31.5 Å². The van der Waals surface area contributed by atoms with E-state index in [-0.39, 0.29) is 0 Å². The maximum absolute atomic E-state index is 6.11. The van der Waals surface area contributed by atoms with E-state index in [9.17, 15) is 0 Å². The van der Waals surface area contributed by atoms with Crippen molar-refractivity contribution in [3.05, 3.63) is 28.2 Å². The van der Waals surface area contributed by atoms with E-state index in [1.165, 1.54) is 32.1 Å². The Morgan fingerprint density at radius 3 is 2.59 bits per heavy atom. The lowest BCUT2D eigenvalue weighted by Gasteiger charge is -2.16. The fourth-order valence-corrected chi connectivity index (χ4v) is 2.28. The fourth-order valence-electron chi connectivity index (χ4n) is 1.82. The van der Waals surface area contributed by atoms with Crippen LogP contribution in [-0.4, -0.2) is 6.04 Å². The number of unbranched alkanes of at least 4 members (excludes halogenated alkanes) is 3. The van der Waals surface area contributed by atoms with Crippen molar-refractivity contribution in [2.45, 2.75) is 52.0 Å². The van der Waals surface area contributed by atoms with Crippen LogP contribution in [0.3, 0.4) is 0 Å². The third-order valence-electron chi connectivity index (χ3n) is 2.82.